The average molecular weight is 220 g/mol. The summed E-state index contributed by atoms with van der Waals surface area (Å²) in [4.78, 5) is 11.3. The molecular weight excluding hydrogens is 200 g/mol. The van der Waals surface area contributed by atoms with Gasteiger partial charge in [-0.3, -0.25) is 4.79 Å². The number of aliphatic hydroxyl groups is 1. The van der Waals surface area contributed by atoms with Crippen LogP contribution in [0.5, 0.6) is 0 Å². The minimum absolute atomic E-state index is 0.117. The number of methoxy groups -OCH3 is 1. The molecule has 0 aromatic heterocycles. The fourth-order valence-electron chi connectivity index (χ4n) is 0.969. The van der Waals surface area contributed by atoms with Gasteiger partial charge in [0.1, 0.15) is 5.25 Å². The first-order valence-electron chi connectivity index (χ1n) is 4.83. The van der Waals surface area contributed by atoms with Crippen LogP contribution in [0.25, 0.3) is 0 Å². The average Bonchev–Trinajstić information content (AvgIpc) is 2.16. The lowest BCUT2D eigenvalue weighted by molar-refractivity contribution is -0.140. The number of carbonyl (C=O) groups is 1. The molecule has 14 heavy (non-hydrogen) atoms. The molecule has 0 aliphatic carbocycles. The van der Waals surface area contributed by atoms with Gasteiger partial charge in [-0.05, 0) is 17.6 Å². The quantitative estimate of drug-likeness (QED) is 0.690. The van der Waals surface area contributed by atoms with Crippen LogP contribution in [0.3, 0.4) is 0 Å². The summed E-state index contributed by atoms with van der Waals surface area (Å²) in [7, 11) is 1.41. The van der Waals surface area contributed by atoms with Gasteiger partial charge in [0.15, 0.2) is 0 Å². The van der Waals surface area contributed by atoms with E-state index in [1.807, 2.05) is 20.8 Å². The highest BCUT2D eigenvalue weighted by Gasteiger charge is 2.23. The van der Waals surface area contributed by atoms with Crippen LogP contribution in [0.4, 0.5) is 0 Å². The van der Waals surface area contributed by atoms with Gasteiger partial charge in [0.2, 0.25) is 0 Å². The van der Waals surface area contributed by atoms with E-state index in [0.717, 1.165) is 5.75 Å². The van der Waals surface area contributed by atoms with Crippen LogP contribution in [0.1, 0.15) is 20.8 Å². The highest BCUT2D eigenvalue weighted by atomic mass is 32.2. The second-order valence-corrected chi connectivity index (χ2v) is 4.98. The van der Waals surface area contributed by atoms with Crippen LogP contribution in [0.15, 0.2) is 0 Å². The van der Waals surface area contributed by atoms with Gasteiger partial charge in [-0.15, -0.1) is 11.8 Å². The summed E-state index contributed by atoms with van der Waals surface area (Å²) in [6, 6.07) is 0. The molecule has 0 saturated carbocycles. The number of ether oxygens (including phenoxy) is 1. The molecule has 2 atom stereocenters. The maximum absolute atomic E-state index is 11.3. The maximum atomic E-state index is 11.3. The number of hydrogen-bond acceptors (Lipinski definition) is 4. The van der Waals surface area contributed by atoms with Crippen molar-refractivity contribution in [3.05, 3.63) is 0 Å². The van der Waals surface area contributed by atoms with Gasteiger partial charge >= 0.3 is 5.97 Å². The standard InChI is InChI=1S/C10H20O3S/c1-7(2)9(10(12)13-4)14-6-8(3)5-11/h7-9,11H,5-6H2,1-4H3. The Balaban J connectivity index is 4.04. The molecule has 1 N–H and O–H groups in total. The molecule has 0 radical (unpaired) electrons. The zero-order valence-corrected chi connectivity index (χ0v) is 10.1. The molecule has 0 rings (SSSR count). The molecule has 0 fully saturated rings. The van der Waals surface area contributed by atoms with Crippen molar-refractivity contribution in [3.8, 4) is 0 Å². The molecule has 3 nitrogen and oxygen atoms in total. The van der Waals surface area contributed by atoms with Crippen molar-refractivity contribution in [2.75, 3.05) is 19.5 Å². The van der Waals surface area contributed by atoms with Crippen molar-refractivity contribution in [2.45, 2.75) is 26.0 Å². The lowest BCUT2D eigenvalue weighted by atomic mass is 10.1. The Morgan fingerprint density at radius 3 is 2.36 bits per heavy atom. The molecule has 0 aromatic carbocycles. The summed E-state index contributed by atoms with van der Waals surface area (Å²) >= 11 is 1.56. The van der Waals surface area contributed by atoms with E-state index in [0.29, 0.717) is 0 Å². The fraction of sp³-hybridized carbons (Fsp3) is 0.900. The van der Waals surface area contributed by atoms with E-state index in [1.54, 1.807) is 11.8 Å². The highest BCUT2D eigenvalue weighted by Crippen LogP contribution is 2.22. The molecule has 0 aromatic rings. The first-order chi connectivity index (χ1) is 6.52. The molecule has 0 aliphatic heterocycles. The van der Waals surface area contributed by atoms with E-state index in [2.05, 4.69) is 0 Å². The Bertz CT molecular complexity index is 171. The van der Waals surface area contributed by atoms with Crippen LogP contribution in [-0.2, 0) is 9.53 Å². The van der Waals surface area contributed by atoms with Crippen LogP contribution < -0.4 is 0 Å². The zero-order valence-electron chi connectivity index (χ0n) is 9.32. The lowest BCUT2D eigenvalue weighted by Gasteiger charge is -2.19. The maximum Gasteiger partial charge on any atom is 0.319 e. The van der Waals surface area contributed by atoms with E-state index in [1.165, 1.54) is 7.11 Å². The molecule has 0 saturated heterocycles. The van der Waals surface area contributed by atoms with Crippen LogP contribution in [0.2, 0.25) is 0 Å². The molecule has 0 spiro atoms. The van der Waals surface area contributed by atoms with E-state index in [9.17, 15) is 4.79 Å². The van der Waals surface area contributed by atoms with Gasteiger partial charge in [-0.1, -0.05) is 20.8 Å². The third kappa shape index (κ3) is 4.86. The molecule has 0 amide bonds. The second kappa shape index (κ2) is 7.12. The van der Waals surface area contributed by atoms with Crippen molar-refractivity contribution in [1.82, 2.24) is 0 Å². The topological polar surface area (TPSA) is 46.5 Å². The summed E-state index contributed by atoms with van der Waals surface area (Å²) in [5, 5.41) is 8.74. The minimum Gasteiger partial charge on any atom is -0.468 e. The predicted molar refractivity (Wildman–Crippen MR) is 59.3 cm³/mol. The lowest BCUT2D eigenvalue weighted by Crippen LogP contribution is -2.26. The van der Waals surface area contributed by atoms with E-state index < -0.39 is 0 Å². The summed E-state index contributed by atoms with van der Waals surface area (Å²) in [5.74, 6) is 1.11. The molecule has 84 valence electrons. The number of thioether (sulfide) groups is 1. The molecule has 2 unspecified atom stereocenters. The number of aliphatic hydroxyl groups excluding tert-OH is 1. The highest BCUT2D eigenvalue weighted by molar-refractivity contribution is 8.00. The predicted octanol–water partition coefficient (Wildman–Crippen LogP) is 1.55. The van der Waals surface area contributed by atoms with Crippen molar-refractivity contribution in [2.24, 2.45) is 11.8 Å². The molecule has 0 aliphatic rings. The van der Waals surface area contributed by atoms with Crippen LogP contribution >= 0.6 is 11.8 Å². The fourth-order valence-corrected chi connectivity index (χ4v) is 2.23. The minimum atomic E-state index is -0.171. The summed E-state index contributed by atoms with van der Waals surface area (Å²) < 4.78 is 4.72. The van der Waals surface area contributed by atoms with Crippen molar-refractivity contribution in [3.63, 3.8) is 0 Å². The number of carbonyl (C=O) groups excluding carboxylic acids is 1. The number of esters is 1. The zero-order chi connectivity index (χ0) is 11.1. The Hall–Kier alpha value is -0.220. The van der Waals surface area contributed by atoms with E-state index in [-0.39, 0.29) is 29.7 Å². The van der Waals surface area contributed by atoms with E-state index in [4.69, 9.17) is 9.84 Å². The van der Waals surface area contributed by atoms with E-state index >= 15 is 0 Å². The molecular formula is C10H20O3S. The first-order valence-corrected chi connectivity index (χ1v) is 5.88. The summed E-state index contributed by atoms with van der Waals surface area (Å²) in [6.45, 7) is 6.12. The van der Waals surface area contributed by atoms with Gasteiger partial charge in [-0.25, -0.2) is 0 Å². The molecule has 0 bridgehead atoms. The third-order valence-corrected chi connectivity index (χ3v) is 3.77. The monoisotopic (exact) mass is 220 g/mol. The largest absolute Gasteiger partial charge is 0.468 e. The van der Waals surface area contributed by atoms with Crippen LogP contribution in [0, 0.1) is 11.8 Å². The van der Waals surface area contributed by atoms with Crippen molar-refractivity contribution >= 4 is 17.7 Å². The summed E-state index contributed by atoms with van der Waals surface area (Å²) in [6.07, 6.45) is 0. The number of rotatable bonds is 6. The van der Waals surface area contributed by atoms with Gasteiger partial charge in [0.05, 0.1) is 7.11 Å². The first kappa shape index (κ1) is 13.8. The van der Waals surface area contributed by atoms with Crippen LogP contribution in [-0.4, -0.2) is 35.8 Å². The second-order valence-electron chi connectivity index (χ2n) is 3.81. The SMILES string of the molecule is COC(=O)C(SCC(C)CO)C(C)C. The number of hydrogen-bond donors (Lipinski definition) is 1. The Labute approximate surface area is 90.2 Å². The normalized spacial score (nSPS) is 15.3. The molecule has 4 heteroatoms. The Morgan fingerprint density at radius 1 is 1.43 bits per heavy atom. The van der Waals surface area contributed by atoms with Gasteiger partial charge in [0.25, 0.3) is 0 Å². The summed E-state index contributed by atoms with van der Waals surface area (Å²) in [5.41, 5.74) is 0. The third-order valence-electron chi connectivity index (χ3n) is 1.91. The molecule has 0 heterocycles. The van der Waals surface area contributed by atoms with Crippen molar-refractivity contribution in [1.29, 1.82) is 0 Å². The Morgan fingerprint density at radius 2 is 2.00 bits per heavy atom. The van der Waals surface area contributed by atoms with Crippen molar-refractivity contribution < 1.29 is 14.6 Å². The Kier molecular flexibility index (Phi) is 7.01. The van der Waals surface area contributed by atoms with Gasteiger partial charge < -0.3 is 9.84 Å². The van der Waals surface area contributed by atoms with Gasteiger partial charge in [0, 0.05) is 6.61 Å². The smallest absolute Gasteiger partial charge is 0.319 e. The van der Waals surface area contributed by atoms with Gasteiger partial charge in [-0.2, -0.15) is 0 Å².